The highest BCUT2D eigenvalue weighted by atomic mass is 16.5. The predicted octanol–water partition coefficient (Wildman–Crippen LogP) is 1.68. The first-order valence-corrected chi connectivity index (χ1v) is 6.27. The lowest BCUT2D eigenvalue weighted by Gasteiger charge is -2.30. The van der Waals surface area contributed by atoms with E-state index in [2.05, 4.69) is 6.07 Å². The van der Waals surface area contributed by atoms with Crippen molar-refractivity contribution in [2.75, 3.05) is 19.8 Å². The van der Waals surface area contributed by atoms with Crippen LogP contribution in [0, 0.1) is 5.92 Å². The molecule has 0 fully saturated rings. The van der Waals surface area contributed by atoms with Gasteiger partial charge in [-0.2, -0.15) is 0 Å². The molecule has 0 amide bonds. The van der Waals surface area contributed by atoms with Gasteiger partial charge in [-0.25, -0.2) is 0 Å². The third-order valence-corrected chi connectivity index (χ3v) is 3.47. The van der Waals surface area contributed by atoms with Crippen LogP contribution in [-0.2, 0) is 11.2 Å². The van der Waals surface area contributed by atoms with Crippen molar-refractivity contribution in [3.63, 3.8) is 0 Å². The molecule has 0 saturated carbocycles. The molecular formula is C14H20O3. The number of benzene rings is 1. The van der Waals surface area contributed by atoms with E-state index in [4.69, 9.17) is 9.84 Å². The highest BCUT2D eigenvalue weighted by Crippen LogP contribution is 2.35. The summed E-state index contributed by atoms with van der Waals surface area (Å²) < 4.78 is 5.26. The number of rotatable bonds is 5. The number of fused-ring (bicyclic) bond motifs is 1. The number of aryl methyl sites for hydroxylation is 1. The molecule has 2 unspecified atom stereocenters. The van der Waals surface area contributed by atoms with Crippen LogP contribution in [0.2, 0.25) is 0 Å². The molecule has 17 heavy (non-hydrogen) atoms. The normalized spacial score (nSPS) is 23.4. The first-order chi connectivity index (χ1) is 8.33. The second kappa shape index (κ2) is 6.15. The van der Waals surface area contributed by atoms with Crippen molar-refractivity contribution in [2.24, 2.45) is 5.92 Å². The molecule has 1 aliphatic rings. The molecule has 0 heterocycles. The fourth-order valence-electron chi connectivity index (χ4n) is 2.51. The summed E-state index contributed by atoms with van der Waals surface area (Å²) in [5, 5.41) is 18.9. The molecule has 3 heteroatoms. The van der Waals surface area contributed by atoms with E-state index in [0.717, 1.165) is 24.8 Å². The predicted molar refractivity (Wildman–Crippen MR) is 65.7 cm³/mol. The maximum atomic E-state index is 10.3. The largest absolute Gasteiger partial charge is 0.394 e. The lowest BCUT2D eigenvalue weighted by Crippen LogP contribution is -2.22. The smallest absolute Gasteiger partial charge is 0.0821 e. The van der Waals surface area contributed by atoms with E-state index in [9.17, 15) is 5.11 Å². The minimum absolute atomic E-state index is 0.0655. The Morgan fingerprint density at radius 2 is 2.06 bits per heavy atom. The summed E-state index contributed by atoms with van der Waals surface area (Å²) in [5.74, 6) is 0.281. The van der Waals surface area contributed by atoms with Crippen molar-refractivity contribution < 1.29 is 14.9 Å². The lowest BCUT2D eigenvalue weighted by molar-refractivity contribution is 0.0441. The minimum Gasteiger partial charge on any atom is -0.394 e. The van der Waals surface area contributed by atoms with E-state index in [-0.39, 0.29) is 18.6 Å². The van der Waals surface area contributed by atoms with Crippen LogP contribution in [0.1, 0.15) is 30.1 Å². The zero-order chi connectivity index (χ0) is 12.1. The van der Waals surface area contributed by atoms with Crippen LogP contribution in [0.4, 0.5) is 0 Å². The van der Waals surface area contributed by atoms with Crippen LogP contribution in [0.25, 0.3) is 0 Å². The van der Waals surface area contributed by atoms with Crippen LogP contribution in [0.3, 0.4) is 0 Å². The molecule has 0 spiro atoms. The van der Waals surface area contributed by atoms with Crippen molar-refractivity contribution in [2.45, 2.75) is 25.4 Å². The van der Waals surface area contributed by atoms with Gasteiger partial charge >= 0.3 is 0 Å². The van der Waals surface area contributed by atoms with E-state index in [1.165, 1.54) is 5.56 Å². The standard InChI is InChI=1S/C14H20O3/c15-8-10-17-9-7-12-6-5-11-3-1-2-4-13(11)14(12)16/h1-4,12,14-16H,5-10H2. The first-order valence-electron chi connectivity index (χ1n) is 6.27. The van der Waals surface area contributed by atoms with Gasteiger partial charge in [0.25, 0.3) is 0 Å². The summed E-state index contributed by atoms with van der Waals surface area (Å²) in [6, 6.07) is 8.11. The van der Waals surface area contributed by atoms with Crippen molar-refractivity contribution in [1.29, 1.82) is 0 Å². The molecule has 1 aromatic carbocycles. The van der Waals surface area contributed by atoms with Crippen LogP contribution >= 0.6 is 0 Å². The van der Waals surface area contributed by atoms with Gasteiger partial charge < -0.3 is 14.9 Å². The number of aliphatic hydroxyl groups excluding tert-OH is 2. The molecule has 0 aromatic heterocycles. The zero-order valence-corrected chi connectivity index (χ0v) is 10.0. The number of aliphatic hydroxyl groups is 2. The summed E-state index contributed by atoms with van der Waals surface area (Å²) >= 11 is 0. The number of hydrogen-bond donors (Lipinski definition) is 2. The Hall–Kier alpha value is -0.900. The Bertz CT molecular complexity index is 351. The van der Waals surface area contributed by atoms with Crippen molar-refractivity contribution >= 4 is 0 Å². The van der Waals surface area contributed by atoms with E-state index in [0.29, 0.717) is 13.2 Å². The van der Waals surface area contributed by atoms with Crippen LogP contribution in [0.5, 0.6) is 0 Å². The van der Waals surface area contributed by atoms with Gasteiger partial charge in [-0.1, -0.05) is 24.3 Å². The molecule has 94 valence electrons. The highest BCUT2D eigenvalue weighted by molar-refractivity contribution is 5.31. The molecule has 0 radical (unpaired) electrons. The fourth-order valence-corrected chi connectivity index (χ4v) is 2.51. The third kappa shape index (κ3) is 3.06. The Morgan fingerprint density at radius 3 is 2.88 bits per heavy atom. The van der Waals surface area contributed by atoms with Gasteiger partial charge in [0.05, 0.1) is 19.3 Å². The van der Waals surface area contributed by atoms with Gasteiger partial charge in [0.15, 0.2) is 0 Å². The van der Waals surface area contributed by atoms with Gasteiger partial charge in [-0.3, -0.25) is 0 Å². The first kappa shape index (κ1) is 12.6. The molecule has 1 aliphatic carbocycles. The van der Waals surface area contributed by atoms with E-state index >= 15 is 0 Å². The number of hydrogen-bond acceptors (Lipinski definition) is 3. The average molecular weight is 236 g/mol. The summed E-state index contributed by atoms with van der Waals surface area (Å²) in [7, 11) is 0. The SMILES string of the molecule is OCCOCCC1CCc2ccccc2C1O. The van der Waals surface area contributed by atoms with Crippen LogP contribution < -0.4 is 0 Å². The fraction of sp³-hybridized carbons (Fsp3) is 0.571. The second-order valence-electron chi connectivity index (χ2n) is 4.57. The van der Waals surface area contributed by atoms with E-state index in [1.807, 2.05) is 18.2 Å². The Morgan fingerprint density at radius 1 is 1.24 bits per heavy atom. The zero-order valence-electron chi connectivity index (χ0n) is 10.0. The Kier molecular flexibility index (Phi) is 4.54. The minimum atomic E-state index is -0.363. The molecule has 2 atom stereocenters. The monoisotopic (exact) mass is 236 g/mol. The summed E-state index contributed by atoms with van der Waals surface area (Å²) in [6.45, 7) is 1.07. The van der Waals surface area contributed by atoms with Gasteiger partial charge in [0.2, 0.25) is 0 Å². The van der Waals surface area contributed by atoms with Crippen molar-refractivity contribution in [3.8, 4) is 0 Å². The number of ether oxygens (including phenoxy) is 1. The lowest BCUT2D eigenvalue weighted by atomic mass is 9.80. The third-order valence-electron chi connectivity index (χ3n) is 3.47. The molecular weight excluding hydrogens is 216 g/mol. The Labute approximate surface area is 102 Å². The molecule has 0 bridgehead atoms. The topological polar surface area (TPSA) is 49.7 Å². The average Bonchev–Trinajstić information content (AvgIpc) is 2.37. The van der Waals surface area contributed by atoms with E-state index < -0.39 is 0 Å². The van der Waals surface area contributed by atoms with Gasteiger partial charge in [0, 0.05) is 6.61 Å². The summed E-state index contributed by atoms with van der Waals surface area (Å²) in [5.41, 5.74) is 2.35. The highest BCUT2D eigenvalue weighted by Gasteiger charge is 2.26. The van der Waals surface area contributed by atoms with Crippen LogP contribution in [-0.4, -0.2) is 30.0 Å². The molecule has 1 aromatic rings. The van der Waals surface area contributed by atoms with Crippen molar-refractivity contribution in [1.82, 2.24) is 0 Å². The summed E-state index contributed by atoms with van der Waals surface area (Å²) in [6.07, 6.45) is 2.55. The Balaban J connectivity index is 1.90. The van der Waals surface area contributed by atoms with Crippen molar-refractivity contribution in [3.05, 3.63) is 35.4 Å². The molecule has 0 aliphatic heterocycles. The molecule has 3 nitrogen and oxygen atoms in total. The van der Waals surface area contributed by atoms with Gasteiger partial charge in [0.1, 0.15) is 0 Å². The van der Waals surface area contributed by atoms with Gasteiger partial charge in [-0.05, 0) is 36.3 Å². The molecule has 2 N–H and O–H groups in total. The van der Waals surface area contributed by atoms with Crippen LogP contribution in [0.15, 0.2) is 24.3 Å². The second-order valence-corrected chi connectivity index (χ2v) is 4.57. The molecule has 2 rings (SSSR count). The molecule has 0 saturated heterocycles. The summed E-state index contributed by atoms with van der Waals surface area (Å²) in [4.78, 5) is 0. The maximum absolute atomic E-state index is 10.3. The van der Waals surface area contributed by atoms with Gasteiger partial charge in [-0.15, -0.1) is 0 Å². The quantitative estimate of drug-likeness (QED) is 0.765. The van der Waals surface area contributed by atoms with E-state index in [1.54, 1.807) is 0 Å². The maximum Gasteiger partial charge on any atom is 0.0821 e.